The maximum Gasteiger partial charge on any atom is 0.305 e. The average molecular weight is 571 g/mol. The van der Waals surface area contributed by atoms with Crippen LogP contribution in [0.1, 0.15) is 167 Å². The Balaban J connectivity index is 3.29. The molecule has 0 saturated carbocycles. The fourth-order valence-corrected chi connectivity index (χ4v) is 4.73. The summed E-state index contributed by atoms with van der Waals surface area (Å²) in [6.45, 7) is 0.251. The van der Waals surface area contributed by atoms with Crippen molar-refractivity contribution >= 4 is 23.9 Å². The highest BCUT2D eigenvalue weighted by Crippen LogP contribution is 2.14. The molecule has 0 amide bonds. The maximum atomic E-state index is 11.8. The Kier molecular flexibility index (Phi) is 28.3. The summed E-state index contributed by atoms with van der Waals surface area (Å²) in [6.07, 6.45) is 25.2. The van der Waals surface area contributed by atoms with E-state index in [1.54, 1.807) is 0 Å². The Bertz CT molecular complexity index is 580. The predicted octanol–water partition coefficient (Wildman–Crippen LogP) is 8.38. The van der Waals surface area contributed by atoms with Gasteiger partial charge in [-0.05, 0) is 25.7 Å². The van der Waals surface area contributed by atoms with E-state index in [1.165, 1.54) is 64.2 Å². The minimum Gasteiger partial charge on any atom is -0.481 e. The number of aliphatic carboxylic acids is 2. The molecule has 0 fully saturated rings. The summed E-state index contributed by atoms with van der Waals surface area (Å²) in [6, 6.07) is 0. The van der Waals surface area contributed by atoms with Gasteiger partial charge in [0.15, 0.2) is 0 Å². The molecular formula is C32H58O8. The van der Waals surface area contributed by atoms with E-state index < -0.39 is 11.9 Å². The van der Waals surface area contributed by atoms with Crippen LogP contribution in [0.3, 0.4) is 0 Å². The van der Waals surface area contributed by atoms with E-state index in [2.05, 4.69) is 0 Å². The smallest absolute Gasteiger partial charge is 0.305 e. The van der Waals surface area contributed by atoms with Crippen molar-refractivity contribution in [3.05, 3.63) is 0 Å². The van der Waals surface area contributed by atoms with Gasteiger partial charge in [0.1, 0.15) is 13.2 Å². The van der Waals surface area contributed by atoms with Gasteiger partial charge in [-0.2, -0.15) is 0 Å². The molecule has 0 atom stereocenters. The van der Waals surface area contributed by atoms with Crippen LogP contribution in [0.15, 0.2) is 0 Å². The summed E-state index contributed by atoms with van der Waals surface area (Å²) in [5.41, 5.74) is 0. The fraction of sp³-hybridized carbons (Fsp3) is 0.875. The van der Waals surface area contributed by atoms with E-state index in [0.717, 1.165) is 77.0 Å². The quantitative estimate of drug-likeness (QED) is 0.0628. The second-order valence-electron chi connectivity index (χ2n) is 11.0. The molecule has 0 aromatic heterocycles. The van der Waals surface area contributed by atoms with Crippen molar-refractivity contribution < 1.29 is 38.9 Å². The van der Waals surface area contributed by atoms with Crippen LogP contribution in [0.25, 0.3) is 0 Å². The number of carbonyl (C=O) groups excluding carboxylic acids is 2. The zero-order valence-corrected chi connectivity index (χ0v) is 25.1. The van der Waals surface area contributed by atoms with Crippen LogP contribution in [-0.2, 0) is 28.7 Å². The highest BCUT2D eigenvalue weighted by molar-refractivity contribution is 5.70. The molecule has 0 aliphatic rings. The van der Waals surface area contributed by atoms with E-state index in [1.807, 2.05) is 0 Å². The number of carboxylic acid groups (broad SMARTS) is 2. The number of ether oxygens (including phenoxy) is 2. The van der Waals surface area contributed by atoms with Crippen molar-refractivity contribution in [2.24, 2.45) is 0 Å². The van der Waals surface area contributed by atoms with Gasteiger partial charge >= 0.3 is 23.9 Å². The lowest BCUT2D eigenvalue weighted by Gasteiger charge is -2.07. The lowest BCUT2D eigenvalue weighted by atomic mass is 10.0. The van der Waals surface area contributed by atoms with Gasteiger partial charge in [-0.1, -0.05) is 116 Å². The van der Waals surface area contributed by atoms with Crippen LogP contribution in [0.5, 0.6) is 0 Å². The van der Waals surface area contributed by atoms with E-state index in [-0.39, 0.29) is 38.0 Å². The average Bonchev–Trinajstić information content (AvgIpc) is 2.91. The molecule has 0 aliphatic carbocycles. The number of esters is 2. The number of carbonyl (C=O) groups is 4. The molecule has 0 radical (unpaired) electrons. The fourth-order valence-electron chi connectivity index (χ4n) is 4.73. The summed E-state index contributed by atoms with van der Waals surface area (Å²) in [5, 5.41) is 17.2. The number of hydrogen-bond donors (Lipinski definition) is 2. The van der Waals surface area contributed by atoms with E-state index in [0.29, 0.717) is 12.8 Å². The molecule has 0 aromatic rings. The lowest BCUT2D eigenvalue weighted by molar-refractivity contribution is -0.152. The standard InChI is InChI=1S/C32H58O8/c33-29(34)23-19-15-11-7-3-1-5-9-13-17-21-25-31(37)39-27-28-40-32(38)26-22-18-14-10-6-2-4-8-12-16-20-24-30(35)36/h1-28H2,(H,33,34)(H,35,36). The molecule has 40 heavy (non-hydrogen) atoms. The molecule has 0 saturated heterocycles. The first-order chi connectivity index (χ1) is 19.4. The van der Waals surface area contributed by atoms with Crippen LogP contribution < -0.4 is 0 Å². The van der Waals surface area contributed by atoms with Gasteiger partial charge in [-0.25, -0.2) is 0 Å². The third-order valence-corrected chi connectivity index (χ3v) is 7.15. The van der Waals surface area contributed by atoms with Crippen molar-refractivity contribution in [2.75, 3.05) is 13.2 Å². The monoisotopic (exact) mass is 570 g/mol. The first-order valence-corrected chi connectivity index (χ1v) is 16.2. The van der Waals surface area contributed by atoms with Gasteiger partial charge in [-0.3, -0.25) is 19.2 Å². The van der Waals surface area contributed by atoms with Crippen molar-refractivity contribution in [2.45, 2.75) is 167 Å². The van der Waals surface area contributed by atoms with Crippen molar-refractivity contribution in [3.8, 4) is 0 Å². The highest BCUT2D eigenvalue weighted by Gasteiger charge is 2.06. The molecule has 8 nitrogen and oxygen atoms in total. The first kappa shape index (κ1) is 37.9. The van der Waals surface area contributed by atoms with Crippen LogP contribution >= 0.6 is 0 Å². The van der Waals surface area contributed by atoms with Crippen molar-refractivity contribution in [3.63, 3.8) is 0 Å². The predicted molar refractivity (Wildman–Crippen MR) is 157 cm³/mol. The van der Waals surface area contributed by atoms with Gasteiger partial charge in [0, 0.05) is 25.7 Å². The highest BCUT2D eigenvalue weighted by atomic mass is 16.6. The summed E-state index contributed by atoms with van der Waals surface area (Å²) in [7, 11) is 0. The molecule has 0 bridgehead atoms. The van der Waals surface area contributed by atoms with Gasteiger partial charge < -0.3 is 19.7 Å². The van der Waals surface area contributed by atoms with Crippen LogP contribution in [0.2, 0.25) is 0 Å². The molecule has 234 valence electrons. The normalized spacial score (nSPS) is 10.9. The Hall–Kier alpha value is -2.12. The van der Waals surface area contributed by atoms with Gasteiger partial charge in [0.05, 0.1) is 0 Å². The zero-order valence-electron chi connectivity index (χ0n) is 25.1. The second kappa shape index (κ2) is 29.9. The largest absolute Gasteiger partial charge is 0.481 e. The van der Waals surface area contributed by atoms with Gasteiger partial charge in [0.25, 0.3) is 0 Å². The van der Waals surface area contributed by atoms with E-state index in [4.69, 9.17) is 19.7 Å². The minimum absolute atomic E-state index is 0.125. The number of carboxylic acids is 2. The molecule has 0 rings (SSSR count). The van der Waals surface area contributed by atoms with E-state index >= 15 is 0 Å². The molecule has 0 unspecified atom stereocenters. The number of rotatable bonds is 31. The summed E-state index contributed by atoms with van der Waals surface area (Å²) >= 11 is 0. The van der Waals surface area contributed by atoms with Gasteiger partial charge in [-0.15, -0.1) is 0 Å². The molecule has 2 N–H and O–H groups in total. The lowest BCUT2D eigenvalue weighted by Crippen LogP contribution is -2.13. The van der Waals surface area contributed by atoms with Gasteiger partial charge in [0.2, 0.25) is 0 Å². The Morgan fingerprint density at radius 3 is 0.750 bits per heavy atom. The van der Waals surface area contributed by atoms with Crippen LogP contribution in [-0.4, -0.2) is 47.3 Å². The third kappa shape index (κ3) is 32.1. The summed E-state index contributed by atoms with van der Waals surface area (Å²) in [4.78, 5) is 44.5. The van der Waals surface area contributed by atoms with Crippen LogP contribution in [0.4, 0.5) is 0 Å². The maximum absolute atomic E-state index is 11.8. The molecule has 0 aromatic carbocycles. The molecule has 8 heteroatoms. The minimum atomic E-state index is -0.703. The second-order valence-corrected chi connectivity index (χ2v) is 11.0. The molecule has 0 aliphatic heterocycles. The van der Waals surface area contributed by atoms with Crippen molar-refractivity contribution in [1.82, 2.24) is 0 Å². The third-order valence-electron chi connectivity index (χ3n) is 7.15. The summed E-state index contributed by atoms with van der Waals surface area (Å²) in [5.74, 6) is -1.86. The van der Waals surface area contributed by atoms with E-state index in [9.17, 15) is 19.2 Å². The Labute approximate surface area is 243 Å². The van der Waals surface area contributed by atoms with Crippen molar-refractivity contribution in [1.29, 1.82) is 0 Å². The molecular weight excluding hydrogens is 512 g/mol. The Morgan fingerprint density at radius 2 is 0.525 bits per heavy atom. The first-order valence-electron chi connectivity index (χ1n) is 16.2. The summed E-state index contributed by atoms with van der Waals surface area (Å²) < 4.78 is 10.3. The topological polar surface area (TPSA) is 127 Å². The number of unbranched alkanes of at least 4 members (excludes halogenated alkanes) is 20. The van der Waals surface area contributed by atoms with Crippen LogP contribution in [0, 0.1) is 0 Å². The molecule has 0 heterocycles. The molecule has 0 spiro atoms. The number of hydrogen-bond acceptors (Lipinski definition) is 6. The Morgan fingerprint density at radius 1 is 0.325 bits per heavy atom. The SMILES string of the molecule is O=C(O)CCCCCCCCCCCCCC(=O)OCCOC(=O)CCCCCCCCCCCCCC(=O)O. The zero-order chi connectivity index (χ0) is 29.5.